The van der Waals surface area contributed by atoms with Crippen molar-refractivity contribution in [1.82, 2.24) is 9.78 Å². The van der Waals surface area contributed by atoms with Crippen molar-refractivity contribution < 1.29 is 9.47 Å². The number of hydrogen-bond donors (Lipinski definition) is 1. The molecule has 1 atom stereocenters. The van der Waals surface area contributed by atoms with E-state index >= 15 is 0 Å². The zero-order valence-electron chi connectivity index (χ0n) is 15.7. The van der Waals surface area contributed by atoms with E-state index in [-0.39, 0.29) is 0 Å². The van der Waals surface area contributed by atoms with Crippen LogP contribution in [0.25, 0.3) is 10.9 Å². The molecule has 0 amide bonds. The Labute approximate surface area is 180 Å². The van der Waals surface area contributed by atoms with E-state index in [2.05, 4.69) is 24.7 Å². The van der Waals surface area contributed by atoms with Gasteiger partial charge >= 0.3 is 0 Å². The predicted molar refractivity (Wildman–Crippen MR) is 116 cm³/mol. The molecule has 2 aromatic rings. The van der Waals surface area contributed by atoms with Crippen LogP contribution in [0, 0.1) is 5.41 Å². The van der Waals surface area contributed by atoms with Crippen molar-refractivity contribution in [1.29, 1.82) is 5.41 Å². The van der Waals surface area contributed by atoms with Crippen molar-refractivity contribution in [3.63, 3.8) is 0 Å². The Bertz CT molecular complexity index is 815. The molecule has 0 aliphatic heterocycles. The highest BCUT2D eigenvalue weighted by Gasteiger charge is 2.30. The predicted octanol–water partition coefficient (Wildman–Crippen LogP) is 6.43. The van der Waals surface area contributed by atoms with Gasteiger partial charge in [0.1, 0.15) is 12.8 Å². The number of fused-ring (bicyclic) bond motifs is 1. The van der Waals surface area contributed by atoms with Crippen LogP contribution >= 0.6 is 46.4 Å². The van der Waals surface area contributed by atoms with Crippen LogP contribution in [-0.2, 0) is 16.2 Å². The maximum atomic E-state index is 7.76. The van der Waals surface area contributed by atoms with Crippen molar-refractivity contribution >= 4 is 71.3 Å². The van der Waals surface area contributed by atoms with Crippen LogP contribution in [0.5, 0.6) is 0 Å². The van der Waals surface area contributed by atoms with Crippen molar-refractivity contribution in [3.05, 3.63) is 28.9 Å². The van der Waals surface area contributed by atoms with Gasteiger partial charge in [-0.1, -0.05) is 66.0 Å². The second kappa shape index (κ2) is 8.89. The summed E-state index contributed by atoms with van der Waals surface area (Å²) < 4.78 is 11.0. The number of ether oxygens (including phenoxy) is 2. The van der Waals surface area contributed by atoms with E-state index in [4.69, 9.17) is 61.3 Å². The van der Waals surface area contributed by atoms with Crippen LogP contribution in [0.4, 0.5) is 0 Å². The molecule has 1 aromatic heterocycles. The second-order valence-corrected chi connectivity index (χ2v) is 15.9. The minimum absolute atomic E-state index is 0.357. The Morgan fingerprint density at radius 3 is 2.56 bits per heavy atom. The van der Waals surface area contributed by atoms with Gasteiger partial charge in [-0.05, 0) is 25.1 Å². The van der Waals surface area contributed by atoms with Gasteiger partial charge in [-0.3, -0.25) is 5.41 Å². The smallest absolute Gasteiger partial charge is 0.265 e. The van der Waals surface area contributed by atoms with Gasteiger partial charge in [0.15, 0.2) is 0 Å². The number of benzene rings is 1. The molecular weight excluding hydrogens is 448 g/mol. The van der Waals surface area contributed by atoms with E-state index in [0.717, 1.165) is 11.4 Å². The molecule has 0 fully saturated rings. The van der Waals surface area contributed by atoms with Gasteiger partial charge < -0.3 is 9.47 Å². The second-order valence-electron chi connectivity index (χ2n) is 7.54. The molecule has 2 rings (SSSR count). The fourth-order valence-electron chi connectivity index (χ4n) is 2.39. The molecule has 0 bridgehead atoms. The SMILES string of the molecule is CC(OC(=N)C(Cl)(Cl)Cl)c1cc(Cl)cc2cn(COCC[Si](C)(C)C)nc12. The minimum atomic E-state index is -1.92. The molecule has 10 heteroatoms. The van der Waals surface area contributed by atoms with Gasteiger partial charge in [-0.2, -0.15) is 5.10 Å². The van der Waals surface area contributed by atoms with E-state index in [0.29, 0.717) is 29.4 Å². The van der Waals surface area contributed by atoms with Crippen molar-refractivity contribution in [3.8, 4) is 0 Å². The molecule has 1 N–H and O–H groups in total. The zero-order valence-corrected chi connectivity index (χ0v) is 19.7. The molecule has 1 heterocycles. The van der Waals surface area contributed by atoms with Gasteiger partial charge in [0.25, 0.3) is 3.79 Å². The molecule has 0 aliphatic carbocycles. The fourth-order valence-corrected chi connectivity index (χ4v) is 3.52. The van der Waals surface area contributed by atoms with Crippen LogP contribution < -0.4 is 0 Å². The summed E-state index contributed by atoms with van der Waals surface area (Å²) in [5.74, 6) is -0.456. The summed E-state index contributed by atoms with van der Waals surface area (Å²) >= 11 is 23.3. The highest BCUT2D eigenvalue weighted by molar-refractivity contribution is 6.76. The van der Waals surface area contributed by atoms with E-state index < -0.39 is 23.9 Å². The van der Waals surface area contributed by atoms with E-state index in [1.807, 2.05) is 12.3 Å². The summed E-state index contributed by atoms with van der Waals surface area (Å²) in [4.78, 5) is 0. The van der Waals surface area contributed by atoms with Crippen molar-refractivity contribution in [2.45, 2.75) is 49.2 Å². The molecule has 0 radical (unpaired) electrons. The Balaban J connectivity index is 2.17. The third-order valence-corrected chi connectivity index (χ3v) is 6.30. The normalized spacial score (nSPS) is 13.8. The number of aromatic nitrogens is 2. The van der Waals surface area contributed by atoms with Gasteiger partial charge in [-0.15, -0.1) is 0 Å². The monoisotopic (exact) mass is 469 g/mol. The standard InChI is InChI=1S/C17H23Cl4N3O2Si/c1-11(26-16(22)17(19,20)21)14-8-13(18)7-12-9-24(23-15(12)14)10-25-5-6-27(2,3)4/h7-9,11,22H,5-6,10H2,1-4H3. The van der Waals surface area contributed by atoms with Crippen LogP contribution in [-0.4, -0.2) is 34.2 Å². The topological polar surface area (TPSA) is 60.1 Å². The molecule has 0 saturated carbocycles. The average Bonchev–Trinajstić information content (AvgIpc) is 2.91. The summed E-state index contributed by atoms with van der Waals surface area (Å²) in [6, 6.07) is 4.65. The van der Waals surface area contributed by atoms with Crippen molar-refractivity contribution in [2.24, 2.45) is 0 Å². The third kappa shape index (κ3) is 6.80. The van der Waals surface area contributed by atoms with Gasteiger partial charge in [-0.25, -0.2) is 4.68 Å². The molecule has 27 heavy (non-hydrogen) atoms. The molecule has 1 aromatic carbocycles. The number of alkyl halides is 3. The Morgan fingerprint density at radius 2 is 1.96 bits per heavy atom. The van der Waals surface area contributed by atoms with Crippen LogP contribution in [0.1, 0.15) is 18.6 Å². The summed E-state index contributed by atoms with van der Waals surface area (Å²) in [6.07, 6.45) is 1.30. The molecule has 0 aliphatic rings. The first-order chi connectivity index (χ1) is 12.4. The maximum absolute atomic E-state index is 7.76. The Kier molecular flexibility index (Phi) is 7.50. The summed E-state index contributed by atoms with van der Waals surface area (Å²) in [6.45, 7) is 9.74. The molecule has 0 spiro atoms. The molecule has 150 valence electrons. The van der Waals surface area contributed by atoms with Crippen LogP contribution in [0.3, 0.4) is 0 Å². The highest BCUT2D eigenvalue weighted by Crippen LogP contribution is 2.33. The van der Waals surface area contributed by atoms with Gasteiger partial charge in [0.2, 0.25) is 5.90 Å². The summed E-state index contributed by atoms with van der Waals surface area (Å²) in [5.41, 5.74) is 1.41. The number of rotatable bonds is 7. The zero-order chi connectivity index (χ0) is 20.4. The first-order valence-electron chi connectivity index (χ1n) is 8.43. The lowest BCUT2D eigenvalue weighted by molar-refractivity contribution is 0.0790. The Hall–Kier alpha value is -0.503. The van der Waals surface area contributed by atoms with Gasteiger partial charge in [0.05, 0.1) is 5.52 Å². The van der Waals surface area contributed by atoms with Crippen LogP contribution in [0.15, 0.2) is 18.3 Å². The fraction of sp³-hybridized carbons (Fsp3) is 0.529. The van der Waals surface area contributed by atoms with E-state index in [9.17, 15) is 0 Å². The first-order valence-corrected chi connectivity index (χ1v) is 13.7. The average molecular weight is 471 g/mol. The first kappa shape index (κ1) is 22.8. The Morgan fingerprint density at radius 1 is 1.30 bits per heavy atom. The molecule has 0 saturated heterocycles. The lowest BCUT2D eigenvalue weighted by atomic mass is 10.1. The van der Waals surface area contributed by atoms with E-state index in [1.54, 1.807) is 17.7 Å². The van der Waals surface area contributed by atoms with Crippen molar-refractivity contribution in [2.75, 3.05) is 6.61 Å². The molecule has 5 nitrogen and oxygen atoms in total. The highest BCUT2D eigenvalue weighted by atomic mass is 35.6. The number of nitrogens with one attached hydrogen (secondary N) is 1. The van der Waals surface area contributed by atoms with E-state index in [1.165, 1.54) is 0 Å². The quantitative estimate of drug-likeness (QED) is 0.167. The molecular formula is C17H23Cl4N3O2Si. The number of hydrogen-bond acceptors (Lipinski definition) is 4. The van der Waals surface area contributed by atoms with Crippen LogP contribution in [0.2, 0.25) is 30.7 Å². The minimum Gasteiger partial charge on any atom is -0.470 e. The lowest BCUT2D eigenvalue weighted by Gasteiger charge is -2.19. The third-order valence-electron chi connectivity index (χ3n) is 3.86. The maximum Gasteiger partial charge on any atom is 0.265 e. The summed E-state index contributed by atoms with van der Waals surface area (Å²) in [7, 11) is -1.13. The lowest BCUT2D eigenvalue weighted by Crippen LogP contribution is -2.22. The molecule has 1 unspecified atom stereocenters. The number of halogens is 4. The summed E-state index contributed by atoms with van der Waals surface area (Å²) in [5, 5.41) is 13.7. The van der Waals surface area contributed by atoms with Gasteiger partial charge in [0, 0.05) is 36.8 Å². The largest absolute Gasteiger partial charge is 0.470 e. The number of nitrogens with zero attached hydrogens (tertiary/aromatic N) is 2.